The Morgan fingerprint density at radius 2 is 2.20 bits per heavy atom. The lowest BCUT2D eigenvalue weighted by molar-refractivity contribution is 0.413. The highest BCUT2D eigenvalue weighted by molar-refractivity contribution is 5.62. The Morgan fingerprint density at radius 1 is 1.40 bits per heavy atom. The molecule has 20 heavy (non-hydrogen) atoms. The first kappa shape index (κ1) is 14.4. The van der Waals surface area contributed by atoms with Crippen LogP contribution in [0.4, 0.5) is 16.0 Å². The van der Waals surface area contributed by atoms with Crippen molar-refractivity contribution in [1.82, 2.24) is 9.55 Å². The van der Waals surface area contributed by atoms with Crippen molar-refractivity contribution in [1.29, 1.82) is 0 Å². The average Bonchev–Trinajstić information content (AvgIpc) is 2.78. The normalized spacial score (nSPS) is 10.6. The van der Waals surface area contributed by atoms with Crippen molar-refractivity contribution in [2.24, 2.45) is 0 Å². The summed E-state index contributed by atoms with van der Waals surface area (Å²) < 4.78 is 20.5. The molecule has 0 unspecified atom stereocenters. The Labute approximate surface area is 118 Å². The maximum atomic E-state index is 13.2. The topological polar surface area (TPSA) is 39.1 Å². The highest BCUT2D eigenvalue weighted by Gasteiger charge is 2.09. The summed E-state index contributed by atoms with van der Waals surface area (Å²) in [6.45, 7) is 5.01. The number of ether oxygens (including phenoxy) is 1. The summed E-state index contributed by atoms with van der Waals surface area (Å²) >= 11 is 0. The number of unbranched alkanes of at least 4 members (excludes halogenated alkanes) is 1. The molecule has 0 bridgehead atoms. The second-order valence-corrected chi connectivity index (χ2v) is 4.72. The van der Waals surface area contributed by atoms with Crippen LogP contribution in [0.2, 0.25) is 0 Å². The molecule has 0 aliphatic heterocycles. The number of benzene rings is 1. The van der Waals surface area contributed by atoms with E-state index < -0.39 is 0 Å². The predicted molar refractivity (Wildman–Crippen MR) is 78.1 cm³/mol. The fourth-order valence-corrected chi connectivity index (χ4v) is 2.03. The van der Waals surface area contributed by atoms with Crippen LogP contribution in [-0.4, -0.2) is 16.7 Å². The fraction of sp³-hybridized carbons (Fsp3) is 0.400. The van der Waals surface area contributed by atoms with Gasteiger partial charge in [-0.2, -0.15) is 0 Å². The fourth-order valence-electron chi connectivity index (χ4n) is 2.03. The number of methoxy groups -OCH3 is 1. The molecule has 0 saturated carbocycles. The van der Waals surface area contributed by atoms with E-state index in [1.807, 2.05) is 13.1 Å². The Hall–Kier alpha value is -2.04. The van der Waals surface area contributed by atoms with E-state index in [9.17, 15) is 4.39 Å². The van der Waals surface area contributed by atoms with E-state index in [4.69, 9.17) is 4.74 Å². The maximum absolute atomic E-state index is 13.2. The zero-order valence-corrected chi connectivity index (χ0v) is 12.1. The first-order valence-electron chi connectivity index (χ1n) is 6.78. The number of nitrogens with zero attached hydrogens (tertiary/aromatic N) is 2. The molecule has 0 radical (unpaired) electrons. The summed E-state index contributed by atoms with van der Waals surface area (Å²) in [5.74, 6) is 0.895. The van der Waals surface area contributed by atoms with E-state index in [1.54, 1.807) is 6.07 Å². The van der Waals surface area contributed by atoms with Crippen LogP contribution in [0.5, 0.6) is 5.75 Å². The van der Waals surface area contributed by atoms with Crippen molar-refractivity contribution < 1.29 is 9.13 Å². The van der Waals surface area contributed by atoms with Crippen LogP contribution in [0, 0.1) is 12.7 Å². The minimum absolute atomic E-state index is 0.321. The van der Waals surface area contributed by atoms with Crippen LogP contribution in [0.1, 0.15) is 25.5 Å². The number of hydrogen-bond donors (Lipinski definition) is 1. The highest BCUT2D eigenvalue weighted by Crippen LogP contribution is 2.28. The predicted octanol–water partition coefficient (Wildman–Crippen LogP) is 3.88. The van der Waals surface area contributed by atoms with Gasteiger partial charge in [0.15, 0.2) is 0 Å². The summed E-state index contributed by atoms with van der Waals surface area (Å²) in [7, 11) is 1.52. The van der Waals surface area contributed by atoms with Crippen LogP contribution < -0.4 is 10.1 Å². The van der Waals surface area contributed by atoms with Crippen molar-refractivity contribution in [2.75, 3.05) is 12.4 Å². The molecule has 1 N–H and O–H groups in total. The zero-order valence-electron chi connectivity index (χ0n) is 12.1. The van der Waals surface area contributed by atoms with Crippen molar-refractivity contribution in [3.8, 4) is 5.75 Å². The maximum Gasteiger partial charge on any atom is 0.207 e. The van der Waals surface area contributed by atoms with E-state index in [1.165, 1.54) is 19.2 Å². The second kappa shape index (κ2) is 6.41. The van der Waals surface area contributed by atoms with Crippen LogP contribution >= 0.6 is 0 Å². The number of nitrogens with one attached hydrogen (secondary N) is 1. The zero-order chi connectivity index (χ0) is 14.5. The van der Waals surface area contributed by atoms with Gasteiger partial charge >= 0.3 is 0 Å². The third-order valence-electron chi connectivity index (χ3n) is 3.06. The van der Waals surface area contributed by atoms with E-state index in [0.717, 1.165) is 31.0 Å². The molecule has 0 spiro atoms. The molecule has 1 heterocycles. The number of anilines is 2. The minimum atomic E-state index is -0.321. The number of aryl methyl sites for hydroxylation is 2. The lowest BCUT2D eigenvalue weighted by Crippen LogP contribution is -2.04. The quantitative estimate of drug-likeness (QED) is 0.870. The molecular weight excluding hydrogens is 257 g/mol. The van der Waals surface area contributed by atoms with Gasteiger partial charge in [-0.25, -0.2) is 9.37 Å². The summed E-state index contributed by atoms with van der Waals surface area (Å²) in [5, 5.41) is 3.21. The lowest BCUT2D eigenvalue weighted by atomic mass is 10.3. The van der Waals surface area contributed by atoms with E-state index in [2.05, 4.69) is 21.8 Å². The first-order chi connectivity index (χ1) is 9.63. The number of imidazole rings is 1. The van der Waals surface area contributed by atoms with Crippen LogP contribution in [0.25, 0.3) is 0 Å². The SMILES string of the molecule is CCCCn1cc(C)nc1Nc1ccc(F)cc1OC. The van der Waals surface area contributed by atoms with Gasteiger partial charge in [-0.1, -0.05) is 13.3 Å². The molecule has 108 valence electrons. The van der Waals surface area contributed by atoms with E-state index in [0.29, 0.717) is 11.4 Å². The molecule has 0 fully saturated rings. The monoisotopic (exact) mass is 277 g/mol. The Kier molecular flexibility index (Phi) is 4.61. The largest absolute Gasteiger partial charge is 0.494 e. The number of aromatic nitrogens is 2. The molecule has 0 saturated heterocycles. The van der Waals surface area contributed by atoms with Crippen molar-refractivity contribution in [3.63, 3.8) is 0 Å². The van der Waals surface area contributed by atoms with Gasteiger partial charge in [-0.05, 0) is 25.5 Å². The molecule has 0 aliphatic rings. The van der Waals surface area contributed by atoms with Crippen LogP contribution in [0.3, 0.4) is 0 Å². The average molecular weight is 277 g/mol. The van der Waals surface area contributed by atoms with Crippen molar-refractivity contribution in [3.05, 3.63) is 35.9 Å². The summed E-state index contributed by atoms with van der Waals surface area (Å²) in [6, 6.07) is 4.41. The molecule has 2 rings (SSSR count). The van der Waals surface area contributed by atoms with Gasteiger partial charge in [-0.3, -0.25) is 0 Å². The summed E-state index contributed by atoms with van der Waals surface area (Å²) in [5.41, 5.74) is 1.65. The molecule has 1 aromatic carbocycles. The van der Waals surface area contributed by atoms with Crippen LogP contribution in [-0.2, 0) is 6.54 Å². The Bertz CT molecular complexity index is 580. The molecule has 2 aromatic rings. The molecule has 0 atom stereocenters. The van der Waals surface area contributed by atoms with Gasteiger partial charge in [0.2, 0.25) is 5.95 Å². The molecule has 0 amide bonds. The van der Waals surface area contributed by atoms with Crippen LogP contribution in [0.15, 0.2) is 24.4 Å². The minimum Gasteiger partial charge on any atom is -0.494 e. The van der Waals surface area contributed by atoms with Gasteiger partial charge in [0.25, 0.3) is 0 Å². The van der Waals surface area contributed by atoms with Gasteiger partial charge in [0, 0.05) is 18.8 Å². The molecule has 4 nitrogen and oxygen atoms in total. The highest BCUT2D eigenvalue weighted by atomic mass is 19.1. The summed E-state index contributed by atoms with van der Waals surface area (Å²) in [4.78, 5) is 4.46. The molecular formula is C15H20FN3O. The second-order valence-electron chi connectivity index (χ2n) is 4.72. The third kappa shape index (κ3) is 3.29. The Morgan fingerprint density at radius 3 is 2.90 bits per heavy atom. The van der Waals surface area contributed by atoms with Gasteiger partial charge < -0.3 is 14.6 Å². The standard InChI is InChI=1S/C15H20FN3O/c1-4-5-8-19-10-11(2)17-15(19)18-13-7-6-12(16)9-14(13)20-3/h6-7,9-10H,4-5,8H2,1-3H3,(H,17,18). The first-order valence-corrected chi connectivity index (χ1v) is 6.78. The summed E-state index contributed by atoms with van der Waals surface area (Å²) in [6.07, 6.45) is 4.22. The molecule has 5 heteroatoms. The number of hydrogen-bond acceptors (Lipinski definition) is 3. The van der Waals surface area contributed by atoms with E-state index >= 15 is 0 Å². The number of halogens is 1. The molecule has 0 aliphatic carbocycles. The third-order valence-corrected chi connectivity index (χ3v) is 3.06. The van der Waals surface area contributed by atoms with E-state index in [-0.39, 0.29) is 5.82 Å². The van der Waals surface area contributed by atoms with Crippen molar-refractivity contribution in [2.45, 2.75) is 33.2 Å². The smallest absolute Gasteiger partial charge is 0.207 e. The Balaban J connectivity index is 2.25. The lowest BCUT2D eigenvalue weighted by Gasteiger charge is -2.12. The molecule has 1 aromatic heterocycles. The van der Waals surface area contributed by atoms with Gasteiger partial charge in [0.05, 0.1) is 18.5 Å². The van der Waals surface area contributed by atoms with Crippen molar-refractivity contribution >= 4 is 11.6 Å². The number of rotatable bonds is 6. The van der Waals surface area contributed by atoms with Gasteiger partial charge in [0.1, 0.15) is 11.6 Å². The van der Waals surface area contributed by atoms with Gasteiger partial charge in [-0.15, -0.1) is 0 Å².